The van der Waals surface area contributed by atoms with Crippen LogP contribution < -0.4 is 5.32 Å². The lowest BCUT2D eigenvalue weighted by Crippen LogP contribution is -2.38. The Balaban J connectivity index is 1.40. The summed E-state index contributed by atoms with van der Waals surface area (Å²) in [4.78, 5) is 29.4. The maximum Gasteiger partial charge on any atom is 0.217 e. The molecule has 4 atom stereocenters. The Kier molecular flexibility index (Phi) is 5.89. The highest BCUT2D eigenvalue weighted by atomic mass is 32.1. The normalized spacial score (nSPS) is 28.0. The van der Waals surface area contributed by atoms with E-state index in [1.807, 2.05) is 12.1 Å². The fourth-order valence-corrected chi connectivity index (χ4v) is 4.85. The number of furan rings is 1. The fourth-order valence-electron chi connectivity index (χ4n) is 3.85. The van der Waals surface area contributed by atoms with Crippen LogP contribution in [-0.4, -0.2) is 35.9 Å². The predicted molar refractivity (Wildman–Crippen MR) is 102 cm³/mol. The second-order valence-corrected chi connectivity index (χ2v) is 8.37. The van der Waals surface area contributed by atoms with Gasteiger partial charge in [0.25, 0.3) is 0 Å². The van der Waals surface area contributed by atoms with Crippen molar-refractivity contribution in [3.63, 3.8) is 0 Å². The van der Waals surface area contributed by atoms with Gasteiger partial charge in [0.05, 0.1) is 11.1 Å². The van der Waals surface area contributed by atoms with Crippen molar-refractivity contribution < 1.29 is 23.5 Å². The average molecular weight is 404 g/mol. The van der Waals surface area contributed by atoms with Crippen molar-refractivity contribution in [2.75, 3.05) is 13.2 Å². The SMILES string of the molecule is CC(=O)NC1CCOC(c2ncc(C(=O)C3CCOC(c4ccco4)C3)s2)C1. The maximum absolute atomic E-state index is 13.0. The number of hydrogen-bond donors (Lipinski definition) is 1. The second-order valence-electron chi connectivity index (χ2n) is 7.30. The Morgan fingerprint density at radius 3 is 2.79 bits per heavy atom. The van der Waals surface area contributed by atoms with Gasteiger partial charge in [-0.3, -0.25) is 9.59 Å². The molecular weight excluding hydrogens is 380 g/mol. The van der Waals surface area contributed by atoms with Gasteiger partial charge < -0.3 is 19.2 Å². The molecule has 1 N–H and O–H groups in total. The smallest absolute Gasteiger partial charge is 0.217 e. The minimum atomic E-state index is -0.178. The number of aromatic nitrogens is 1. The average Bonchev–Trinajstić information content (AvgIpc) is 3.39. The minimum Gasteiger partial charge on any atom is -0.467 e. The lowest BCUT2D eigenvalue weighted by molar-refractivity contribution is -0.120. The molecule has 4 unspecified atom stereocenters. The van der Waals surface area contributed by atoms with E-state index in [9.17, 15) is 9.59 Å². The summed E-state index contributed by atoms with van der Waals surface area (Å²) in [5.41, 5.74) is 0. The number of carbonyl (C=O) groups is 2. The van der Waals surface area contributed by atoms with Gasteiger partial charge in [0, 0.05) is 44.7 Å². The predicted octanol–water partition coefficient (Wildman–Crippen LogP) is 3.44. The number of thiazole rings is 1. The molecule has 8 heteroatoms. The summed E-state index contributed by atoms with van der Waals surface area (Å²) in [5, 5.41) is 3.75. The molecule has 150 valence electrons. The molecule has 4 heterocycles. The molecule has 2 saturated heterocycles. The van der Waals surface area contributed by atoms with Crippen molar-refractivity contribution in [1.82, 2.24) is 10.3 Å². The minimum absolute atomic E-state index is 0.0358. The summed E-state index contributed by atoms with van der Waals surface area (Å²) in [6.45, 7) is 2.63. The lowest BCUT2D eigenvalue weighted by Gasteiger charge is -2.28. The topological polar surface area (TPSA) is 90.7 Å². The van der Waals surface area contributed by atoms with E-state index in [-0.39, 0.29) is 35.9 Å². The van der Waals surface area contributed by atoms with Crippen LogP contribution in [0.1, 0.15) is 65.3 Å². The molecule has 0 aromatic carbocycles. The summed E-state index contributed by atoms with van der Waals surface area (Å²) in [7, 11) is 0. The molecule has 0 saturated carbocycles. The molecule has 4 rings (SSSR count). The molecule has 2 fully saturated rings. The first-order chi connectivity index (χ1) is 13.6. The van der Waals surface area contributed by atoms with Crippen molar-refractivity contribution in [1.29, 1.82) is 0 Å². The molecule has 2 aromatic rings. The standard InChI is InChI=1S/C20H24N2O5S/c1-12(23)22-14-5-8-27-17(10-14)20-21-11-18(28-20)19(24)13-4-7-26-16(9-13)15-3-2-6-25-15/h2-3,6,11,13-14,16-17H,4-5,7-10H2,1H3,(H,22,23). The Morgan fingerprint density at radius 2 is 2.00 bits per heavy atom. The monoisotopic (exact) mass is 404 g/mol. The number of nitrogens with zero attached hydrogens (tertiary/aromatic N) is 1. The highest BCUT2D eigenvalue weighted by Gasteiger charge is 2.33. The number of Topliss-reactive ketones (excluding diaryl/α,β-unsaturated/α-hetero) is 1. The van der Waals surface area contributed by atoms with E-state index in [0.717, 1.165) is 17.2 Å². The zero-order chi connectivity index (χ0) is 19.5. The molecule has 0 spiro atoms. The molecule has 2 aliphatic rings. The van der Waals surface area contributed by atoms with Gasteiger partial charge in [-0.15, -0.1) is 11.3 Å². The molecule has 2 aliphatic heterocycles. The van der Waals surface area contributed by atoms with E-state index in [1.165, 1.54) is 18.3 Å². The third-order valence-electron chi connectivity index (χ3n) is 5.25. The van der Waals surface area contributed by atoms with Crippen LogP contribution in [-0.2, 0) is 14.3 Å². The third kappa shape index (κ3) is 4.34. The number of carbonyl (C=O) groups excluding carboxylic acids is 2. The quantitative estimate of drug-likeness (QED) is 0.768. The third-order valence-corrected chi connectivity index (χ3v) is 6.35. The van der Waals surface area contributed by atoms with Gasteiger partial charge in [0.1, 0.15) is 23.0 Å². The summed E-state index contributed by atoms with van der Waals surface area (Å²) < 4.78 is 17.0. The van der Waals surface area contributed by atoms with E-state index in [1.54, 1.807) is 12.5 Å². The Labute approximate surface area is 167 Å². The van der Waals surface area contributed by atoms with Gasteiger partial charge >= 0.3 is 0 Å². The largest absolute Gasteiger partial charge is 0.467 e. The fraction of sp³-hybridized carbons (Fsp3) is 0.550. The van der Waals surface area contributed by atoms with Gasteiger partial charge in [-0.05, 0) is 31.4 Å². The van der Waals surface area contributed by atoms with Crippen LogP contribution in [0.4, 0.5) is 0 Å². The van der Waals surface area contributed by atoms with Crippen LogP contribution in [0, 0.1) is 5.92 Å². The number of rotatable bonds is 5. The molecule has 7 nitrogen and oxygen atoms in total. The number of ketones is 1. The summed E-state index contributed by atoms with van der Waals surface area (Å²) in [6.07, 6.45) is 5.72. The van der Waals surface area contributed by atoms with Crippen molar-refractivity contribution in [3.05, 3.63) is 40.2 Å². The molecule has 0 bridgehead atoms. The zero-order valence-electron chi connectivity index (χ0n) is 15.8. The van der Waals surface area contributed by atoms with Gasteiger partial charge in [-0.25, -0.2) is 4.98 Å². The highest BCUT2D eigenvalue weighted by molar-refractivity contribution is 7.13. The van der Waals surface area contributed by atoms with Gasteiger partial charge in [-0.1, -0.05) is 0 Å². The molecular formula is C20H24N2O5S. The van der Waals surface area contributed by atoms with E-state index in [4.69, 9.17) is 13.9 Å². The van der Waals surface area contributed by atoms with Crippen molar-refractivity contribution in [2.45, 2.75) is 50.9 Å². The van der Waals surface area contributed by atoms with E-state index < -0.39 is 0 Å². The summed E-state index contributed by atoms with van der Waals surface area (Å²) >= 11 is 1.40. The molecule has 0 radical (unpaired) electrons. The number of nitrogens with one attached hydrogen (secondary N) is 1. The van der Waals surface area contributed by atoms with Crippen molar-refractivity contribution in [2.24, 2.45) is 5.92 Å². The van der Waals surface area contributed by atoms with E-state index >= 15 is 0 Å². The van der Waals surface area contributed by atoms with Crippen LogP contribution in [0.5, 0.6) is 0 Å². The Hall–Kier alpha value is -2.03. The van der Waals surface area contributed by atoms with E-state index in [2.05, 4.69) is 10.3 Å². The molecule has 1 amide bonds. The van der Waals surface area contributed by atoms with E-state index in [0.29, 0.717) is 37.4 Å². The van der Waals surface area contributed by atoms with Crippen molar-refractivity contribution >= 4 is 23.0 Å². The van der Waals surface area contributed by atoms with Crippen LogP contribution in [0.2, 0.25) is 0 Å². The van der Waals surface area contributed by atoms with Gasteiger partial charge in [0.2, 0.25) is 5.91 Å². The second kappa shape index (κ2) is 8.55. The molecule has 0 aliphatic carbocycles. The Morgan fingerprint density at radius 1 is 1.18 bits per heavy atom. The first kappa shape index (κ1) is 19.3. The summed E-state index contributed by atoms with van der Waals surface area (Å²) in [6, 6.07) is 3.80. The number of amides is 1. The van der Waals surface area contributed by atoms with Crippen LogP contribution >= 0.6 is 11.3 Å². The van der Waals surface area contributed by atoms with Gasteiger partial charge in [-0.2, -0.15) is 0 Å². The van der Waals surface area contributed by atoms with Crippen LogP contribution in [0.3, 0.4) is 0 Å². The first-order valence-corrected chi connectivity index (χ1v) is 10.5. The lowest BCUT2D eigenvalue weighted by atomic mass is 9.90. The number of hydrogen-bond acceptors (Lipinski definition) is 7. The number of ether oxygens (including phenoxy) is 2. The van der Waals surface area contributed by atoms with Crippen molar-refractivity contribution in [3.8, 4) is 0 Å². The molecule has 2 aromatic heterocycles. The van der Waals surface area contributed by atoms with Crippen LogP contribution in [0.15, 0.2) is 29.0 Å². The zero-order valence-corrected chi connectivity index (χ0v) is 16.6. The molecule has 28 heavy (non-hydrogen) atoms. The van der Waals surface area contributed by atoms with Crippen LogP contribution in [0.25, 0.3) is 0 Å². The first-order valence-electron chi connectivity index (χ1n) is 9.64. The maximum atomic E-state index is 13.0. The highest BCUT2D eigenvalue weighted by Crippen LogP contribution is 2.36. The van der Waals surface area contributed by atoms with Gasteiger partial charge in [0.15, 0.2) is 5.78 Å². The Bertz CT molecular complexity index is 818. The summed E-state index contributed by atoms with van der Waals surface area (Å²) in [5.74, 6) is 0.739.